The number of carboxylic acids is 1. The average molecular weight is 477 g/mol. The molecule has 0 bridgehead atoms. The number of aryl methyl sites for hydroxylation is 1. The Morgan fingerprint density at radius 3 is 2.74 bits per heavy atom. The third-order valence-corrected chi connectivity index (χ3v) is 7.53. The highest BCUT2D eigenvalue weighted by Gasteiger charge is 2.47. The molecule has 8 heteroatoms. The van der Waals surface area contributed by atoms with Crippen molar-refractivity contribution in [2.75, 3.05) is 23.3 Å². The predicted octanol–water partition coefficient (Wildman–Crippen LogP) is 6.20. The Bertz CT molecular complexity index is 1450. The summed E-state index contributed by atoms with van der Waals surface area (Å²) in [6.45, 7) is 6.18. The Hall–Kier alpha value is -3.32. The van der Waals surface area contributed by atoms with Crippen LogP contribution in [0.15, 0.2) is 40.9 Å². The first-order chi connectivity index (χ1) is 16.3. The van der Waals surface area contributed by atoms with Crippen LogP contribution in [0.25, 0.3) is 22.1 Å². The molecular weight excluding hydrogens is 452 g/mol. The number of rotatable bonds is 5. The number of carboxylic acid groups (broad SMARTS) is 1. The molecular formula is C26H25ClN4O3. The standard InChI is InChI=1S/C26H25ClN4O3/c1-14-10-16(15(2)29-18-4-5-20(27)30-22(18)25(32)33)23-17(11-14)21-24(34-23)19(6-9-28-21)31-12-26(13-31)7-3-8-26/h4-6,9-11,15,29H,3,7-8,12-13H2,1-2H3,(H,32,33). The van der Waals surface area contributed by atoms with E-state index in [1.165, 1.54) is 19.3 Å². The highest BCUT2D eigenvalue weighted by Crippen LogP contribution is 2.51. The van der Waals surface area contributed by atoms with Crippen LogP contribution in [0, 0.1) is 12.3 Å². The van der Waals surface area contributed by atoms with E-state index >= 15 is 0 Å². The second-order valence-electron chi connectivity index (χ2n) is 9.75. The molecule has 2 aliphatic rings. The zero-order valence-corrected chi connectivity index (χ0v) is 19.8. The minimum atomic E-state index is -1.14. The van der Waals surface area contributed by atoms with E-state index in [4.69, 9.17) is 16.0 Å². The van der Waals surface area contributed by atoms with Gasteiger partial charge in [-0.25, -0.2) is 9.78 Å². The van der Waals surface area contributed by atoms with Gasteiger partial charge in [-0.1, -0.05) is 24.1 Å². The predicted molar refractivity (Wildman–Crippen MR) is 133 cm³/mol. The van der Waals surface area contributed by atoms with Gasteiger partial charge in [-0.2, -0.15) is 0 Å². The molecule has 0 amide bonds. The lowest BCUT2D eigenvalue weighted by Gasteiger charge is -2.56. The van der Waals surface area contributed by atoms with E-state index in [0.717, 1.165) is 52.0 Å². The molecule has 1 unspecified atom stereocenters. The molecule has 1 aliphatic carbocycles. The molecule has 1 aliphatic heterocycles. The van der Waals surface area contributed by atoms with Gasteiger partial charge in [0.15, 0.2) is 11.3 Å². The number of pyridine rings is 2. The molecule has 4 heterocycles. The molecule has 2 fully saturated rings. The van der Waals surface area contributed by atoms with Crippen LogP contribution in [0.5, 0.6) is 0 Å². The maximum absolute atomic E-state index is 11.7. The Balaban J connectivity index is 1.41. The van der Waals surface area contributed by atoms with E-state index in [0.29, 0.717) is 11.1 Å². The number of benzene rings is 1. The first-order valence-corrected chi connectivity index (χ1v) is 11.9. The molecule has 7 nitrogen and oxygen atoms in total. The van der Waals surface area contributed by atoms with Crippen LogP contribution in [0.4, 0.5) is 11.4 Å². The van der Waals surface area contributed by atoms with Crippen LogP contribution >= 0.6 is 11.6 Å². The summed E-state index contributed by atoms with van der Waals surface area (Å²) in [5.41, 5.74) is 6.34. The maximum atomic E-state index is 11.7. The Labute approximate surface area is 201 Å². The normalized spacial score (nSPS) is 17.6. The van der Waals surface area contributed by atoms with Crippen molar-refractivity contribution < 1.29 is 14.3 Å². The fourth-order valence-corrected chi connectivity index (χ4v) is 5.59. The molecule has 174 valence electrons. The van der Waals surface area contributed by atoms with Crippen LogP contribution in [0.3, 0.4) is 0 Å². The third-order valence-electron chi connectivity index (χ3n) is 7.31. The van der Waals surface area contributed by atoms with Crippen LogP contribution in [0.1, 0.15) is 53.8 Å². The van der Waals surface area contributed by atoms with E-state index in [2.05, 4.69) is 32.3 Å². The number of hydrogen-bond donors (Lipinski definition) is 2. The van der Waals surface area contributed by atoms with Crippen LogP contribution in [0.2, 0.25) is 5.15 Å². The SMILES string of the molecule is Cc1cc(C(C)Nc2ccc(Cl)nc2C(=O)O)c2oc3c(N4CC5(CCC5)C4)ccnc3c2c1. The zero-order chi connectivity index (χ0) is 23.6. The molecule has 1 spiro atoms. The van der Waals surface area contributed by atoms with Crippen molar-refractivity contribution in [2.24, 2.45) is 5.41 Å². The van der Waals surface area contributed by atoms with Gasteiger partial charge in [-0.15, -0.1) is 0 Å². The fraction of sp³-hybridized carbons (Fsp3) is 0.346. The van der Waals surface area contributed by atoms with Crippen LogP contribution < -0.4 is 10.2 Å². The minimum Gasteiger partial charge on any atom is -0.476 e. The third kappa shape index (κ3) is 3.29. The van der Waals surface area contributed by atoms with E-state index in [1.807, 2.05) is 26.1 Å². The number of fused-ring (bicyclic) bond motifs is 3. The fourth-order valence-electron chi connectivity index (χ4n) is 5.45. The summed E-state index contributed by atoms with van der Waals surface area (Å²) >= 11 is 5.92. The monoisotopic (exact) mass is 476 g/mol. The number of carbonyl (C=O) groups is 1. The topological polar surface area (TPSA) is 91.5 Å². The lowest BCUT2D eigenvalue weighted by atomic mass is 9.63. The van der Waals surface area contributed by atoms with Gasteiger partial charge in [0, 0.05) is 35.7 Å². The van der Waals surface area contributed by atoms with E-state index in [1.54, 1.807) is 12.1 Å². The van der Waals surface area contributed by atoms with E-state index in [9.17, 15) is 9.90 Å². The second kappa shape index (κ2) is 7.60. The largest absolute Gasteiger partial charge is 0.476 e. The van der Waals surface area contributed by atoms with Crippen molar-refractivity contribution in [2.45, 2.75) is 39.2 Å². The summed E-state index contributed by atoms with van der Waals surface area (Å²) in [5.74, 6) is -1.14. The zero-order valence-electron chi connectivity index (χ0n) is 19.1. The summed E-state index contributed by atoms with van der Waals surface area (Å²) in [4.78, 5) is 22.7. The number of furan rings is 1. The molecule has 4 aromatic rings. The molecule has 3 aromatic heterocycles. The molecule has 1 atom stereocenters. The Morgan fingerprint density at radius 2 is 2.03 bits per heavy atom. The van der Waals surface area contributed by atoms with Crippen molar-refractivity contribution in [3.05, 3.63) is 58.5 Å². The first kappa shape index (κ1) is 21.2. The minimum absolute atomic E-state index is 0.112. The number of aromatic carboxylic acids is 1. The Morgan fingerprint density at radius 1 is 1.24 bits per heavy atom. The van der Waals surface area contributed by atoms with Crippen molar-refractivity contribution in [1.82, 2.24) is 9.97 Å². The van der Waals surface area contributed by atoms with Gasteiger partial charge in [-0.05, 0) is 56.5 Å². The molecule has 0 radical (unpaired) electrons. The van der Waals surface area contributed by atoms with Crippen LogP contribution in [-0.4, -0.2) is 34.1 Å². The van der Waals surface area contributed by atoms with Crippen molar-refractivity contribution in [3.63, 3.8) is 0 Å². The maximum Gasteiger partial charge on any atom is 0.356 e. The number of nitrogens with zero attached hydrogens (tertiary/aromatic N) is 3. The quantitative estimate of drug-likeness (QED) is 0.331. The number of halogens is 1. The summed E-state index contributed by atoms with van der Waals surface area (Å²) < 4.78 is 6.50. The molecule has 2 N–H and O–H groups in total. The highest BCUT2D eigenvalue weighted by molar-refractivity contribution is 6.29. The van der Waals surface area contributed by atoms with E-state index < -0.39 is 5.97 Å². The van der Waals surface area contributed by atoms with Gasteiger partial charge in [-0.3, -0.25) is 4.98 Å². The number of hydrogen-bond acceptors (Lipinski definition) is 6. The number of nitrogens with one attached hydrogen (secondary N) is 1. The van der Waals surface area contributed by atoms with E-state index in [-0.39, 0.29) is 16.9 Å². The second-order valence-corrected chi connectivity index (χ2v) is 10.1. The number of anilines is 2. The lowest BCUT2D eigenvalue weighted by Crippen LogP contribution is -2.59. The van der Waals surface area contributed by atoms with Crippen molar-refractivity contribution >= 4 is 51.0 Å². The van der Waals surface area contributed by atoms with Crippen molar-refractivity contribution in [3.8, 4) is 0 Å². The molecule has 1 saturated heterocycles. The molecule has 1 saturated carbocycles. The van der Waals surface area contributed by atoms with Crippen molar-refractivity contribution in [1.29, 1.82) is 0 Å². The molecule has 34 heavy (non-hydrogen) atoms. The lowest BCUT2D eigenvalue weighted by molar-refractivity contribution is 0.0691. The smallest absolute Gasteiger partial charge is 0.356 e. The summed E-state index contributed by atoms with van der Waals surface area (Å²) in [6.07, 6.45) is 5.84. The number of aromatic nitrogens is 2. The summed E-state index contributed by atoms with van der Waals surface area (Å²) in [5, 5.41) is 14.0. The average Bonchev–Trinajstić information content (AvgIpc) is 3.11. The van der Waals surface area contributed by atoms with Gasteiger partial charge in [0.25, 0.3) is 0 Å². The molecule has 1 aromatic carbocycles. The highest BCUT2D eigenvalue weighted by atomic mass is 35.5. The summed E-state index contributed by atoms with van der Waals surface area (Å²) in [6, 6.07) is 9.19. The van der Waals surface area contributed by atoms with Gasteiger partial charge in [0.1, 0.15) is 16.3 Å². The van der Waals surface area contributed by atoms with Crippen LogP contribution in [-0.2, 0) is 0 Å². The van der Waals surface area contributed by atoms with Gasteiger partial charge >= 0.3 is 5.97 Å². The van der Waals surface area contributed by atoms with Gasteiger partial charge in [0.05, 0.1) is 17.4 Å². The van der Waals surface area contributed by atoms with Gasteiger partial charge < -0.3 is 19.7 Å². The molecule has 6 rings (SSSR count). The summed E-state index contributed by atoms with van der Waals surface area (Å²) in [7, 11) is 0. The Kier molecular flexibility index (Phi) is 4.74. The van der Waals surface area contributed by atoms with Gasteiger partial charge in [0.2, 0.25) is 0 Å². The first-order valence-electron chi connectivity index (χ1n) is 11.6.